The van der Waals surface area contributed by atoms with E-state index >= 15 is 0 Å². The van der Waals surface area contributed by atoms with Crippen LogP contribution < -0.4 is 5.56 Å². The number of aromatic nitrogens is 2. The molecule has 1 aromatic heterocycles. The fraction of sp³-hybridized carbons (Fsp3) is 0. The smallest absolute Gasteiger partial charge is 0.267 e. The number of rotatable bonds is 1. The molecule has 3 rings (SSSR count). The highest BCUT2D eigenvalue weighted by atomic mass is 16.1. The SMILES string of the molecule is O=c1[nH]n(-c2ccccc2)c2ccccc12. The average molecular weight is 210 g/mol. The number of nitrogens with zero attached hydrogens (tertiary/aromatic N) is 1. The molecule has 0 atom stereocenters. The van der Waals surface area contributed by atoms with E-state index < -0.39 is 0 Å². The Balaban J connectivity index is 2.38. The number of fused-ring (bicyclic) bond motifs is 1. The first-order chi connectivity index (χ1) is 7.86. The van der Waals surface area contributed by atoms with E-state index in [-0.39, 0.29) is 5.56 Å². The van der Waals surface area contributed by atoms with Crippen LogP contribution in [-0.4, -0.2) is 9.78 Å². The van der Waals surface area contributed by atoms with Gasteiger partial charge >= 0.3 is 0 Å². The van der Waals surface area contributed by atoms with Gasteiger partial charge in [-0.15, -0.1) is 0 Å². The predicted molar refractivity (Wildman–Crippen MR) is 63.9 cm³/mol. The Morgan fingerprint density at radius 1 is 0.875 bits per heavy atom. The zero-order chi connectivity index (χ0) is 11.0. The molecule has 0 fully saturated rings. The first-order valence-corrected chi connectivity index (χ1v) is 5.11. The largest absolute Gasteiger partial charge is 0.272 e. The Bertz CT molecular complexity index is 680. The average Bonchev–Trinajstić information content (AvgIpc) is 2.69. The van der Waals surface area contributed by atoms with Crippen molar-refractivity contribution in [2.75, 3.05) is 0 Å². The molecule has 0 amide bonds. The summed E-state index contributed by atoms with van der Waals surface area (Å²) in [6.07, 6.45) is 0. The first kappa shape index (κ1) is 8.97. The molecule has 1 N–H and O–H groups in total. The van der Waals surface area contributed by atoms with Crippen LogP contribution in [0.3, 0.4) is 0 Å². The van der Waals surface area contributed by atoms with Crippen LogP contribution in [0.2, 0.25) is 0 Å². The molecule has 0 radical (unpaired) electrons. The molecule has 0 saturated carbocycles. The number of benzene rings is 2. The zero-order valence-corrected chi connectivity index (χ0v) is 8.55. The van der Waals surface area contributed by atoms with E-state index in [2.05, 4.69) is 5.10 Å². The molecular formula is C13H10N2O. The number of aromatic amines is 1. The highest BCUT2D eigenvalue weighted by Crippen LogP contribution is 2.14. The second-order valence-corrected chi connectivity index (χ2v) is 3.63. The second-order valence-electron chi connectivity index (χ2n) is 3.63. The lowest BCUT2D eigenvalue weighted by Crippen LogP contribution is -2.03. The van der Waals surface area contributed by atoms with Gasteiger partial charge in [0.05, 0.1) is 16.6 Å². The minimum absolute atomic E-state index is 0.0561. The van der Waals surface area contributed by atoms with Gasteiger partial charge < -0.3 is 0 Å². The molecule has 16 heavy (non-hydrogen) atoms. The first-order valence-electron chi connectivity index (χ1n) is 5.11. The standard InChI is InChI=1S/C13H10N2O/c16-13-11-8-4-5-9-12(11)15(14-13)10-6-2-1-3-7-10/h1-9H,(H,14,16). The topological polar surface area (TPSA) is 37.8 Å². The van der Waals surface area contributed by atoms with Crippen LogP contribution in [0.5, 0.6) is 0 Å². The van der Waals surface area contributed by atoms with Gasteiger partial charge in [-0.25, -0.2) is 0 Å². The van der Waals surface area contributed by atoms with Gasteiger partial charge in [-0.05, 0) is 24.3 Å². The van der Waals surface area contributed by atoms with Gasteiger partial charge in [-0.3, -0.25) is 14.6 Å². The van der Waals surface area contributed by atoms with Crippen LogP contribution in [0.15, 0.2) is 59.4 Å². The number of nitrogens with one attached hydrogen (secondary N) is 1. The third-order valence-corrected chi connectivity index (χ3v) is 2.62. The van der Waals surface area contributed by atoms with Crippen molar-refractivity contribution in [3.63, 3.8) is 0 Å². The van der Waals surface area contributed by atoms with E-state index in [1.165, 1.54) is 0 Å². The minimum atomic E-state index is -0.0561. The molecule has 0 aliphatic carbocycles. The Morgan fingerprint density at radius 2 is 1.56 bits per heavy atom. The molecular weight excluding hydrogens is 200 g/mol. The third-order valence-electron chi connectivity index (χ3n) is 2.62. The minimum Gasteiger partial charge on any atom is -0.267 e. The van der Waals surface area contributed by atoms with E-state index in [1.807, 2.05) is 54.6 Å². The maximum absolute atomic E-state index is 11.7. The summed E-state index contributed by atoms with van der Waals surface area (Å²) in [4.78, 5) is 11.7. The van der Waals surface area contributed by atoms with Crippen molar-refractivity contribution < 1.29 is 0 Å². The molecule has 2 aromatic carbocycles. The molecule has 0 spiro atoms. The molecule has 3 heteroatoms. The Kier molecular flexibility index (Phi) is 1.90. The summed E-state index contributed by atoms with van der Waals surface area (Å²) < 4.78 is 1.80. The number of H-pyrrole nitrogens is 1. The fourth-order valence-electron chi connectivity index (χ4n) is 1.86. The van der Waals surface area contributed by atoms with Crippen LogP contribution in [0.25, 0.3) is 16.6 Å². The van der Waals surface area contributed by atoms with Gasteiger partial charge in [-0.1, -0.05) is 30.3 Å². The van der Waals surface area contributed by atoms with Gasteiger partial charge in [0.2, 0.25) is 0 Å². The summed E-state index contributed by atoms with van der Waals surface area (Å²) in [6, 6.07) is 17.3. The molecule has 78 valence electrons. The van der Waals surface area contributed by atoms with Gasteiger partial charge in [0.25, 0.3) is 5.56 Å². The summed E-state index contributed by atoms with van der Waals surface area (Å²) in [5.74, 6) is 0. The quantitative estimate of drug-likeness (QED) is 0.657. The van der Waals surface area contributed by atoms with Crippen LogP contribution in [0.1, 0.15) is 0 Å². The van der Waals surface area contributed by atoms with Crippen LogP contribution in [0, 0.1) is 0 Å². The van der Waals surface area contributed by atoms with Gasteiger partial charge in [0.15, 0.2) is 0 Å². The van der Waals surface area contributed by atoms with Crippen molar-refractivity contribution in [3.05, 3.63) is 65.0 Å². The monoisotopic (exact) mass is 210 g/mol. The molecule has 0 aliphatic heterocycles. The molecule has 3 aromatic rings. The lowest BCUT2D eigenvalue weighted by molar-refractivity contribution is 0.891. The van der Waals surface area contributed by atoms with E-state index in [0.717, 1.165) is 11.2 Å². The van der Waals surface area contributed by atoms with Gasteiger partial charge in [-0.2, -0.15) is 0 Å². The molecule has 0 unspecified atom stereocenters. The summed E-state index contributed by atoms with van der Waals surface area (Å²) in [5.41, 5.74) is 1.80. The van der Waals surface area contributed by atoms with E-state index in [4.69, 9.17) is 0 Å². The molecule has 3 nitrogen and oxygen atoms in total. The van der Waals surface area contributed by atoms with E-state index in [1.54, 1.807) is 4.68 Å². The summed E-state index contributed by atoms with van der Waals surface area (Å²) in [6.45, 7) is 0. The van der Waals surface area contributed by atoms with Crippen LogP contribution >= 0.6 is 0 Å². The lowest BCUT2D eigenvalue weighted by atomic mass is 10.2. The number of hydrogen-bond donors (Lipinski definition) is 1. The third kappa shape index (κ3) is 1.26. The Hall–Kier alpha value is -2.29. The normalized spacial score (nSPS) is 10.8. The molecule has 0 aliphatic rings. The van der Waals surface area contributed by atoms with Gasteiger partial charge in [0, 0.05) is 0 Å². The summed E-state index contributed by atoms with van der Waals surface area (Å²) in [5, 5.41) is 3.54. The molecule has 1 heterocycles. The van der Waals surface area contributed by atoms with Gasteiger partial charge in [0.1, 0.15) is 0 Å². The van der Waals surface area contributed by atoms with Crippen molar-refractivity contribution in [1.82, 2.24) is 9.78 Å². The van der Waals surface area contributed by atoms with Crippen LogP contribution in [-0.2, 0) is 0 Å². The van der Waals surface area contributed by atoms with E-state index in [0.29, 0.717) is 5.39 Å². The number of hydrogen-bond acceptors (Lipinski definition) is 1. The van der Waals surface area contributed by atoms with Crippen molar-refractivity contribution in [2.24, 2.45) is 0 Å². The maximum atomic E-state index is 11.7. The fourth-order valence-corrected chi connectivity index (χ4v) is 1.86. The maximum Gasteiger partial charge on any atom is 0.272 e. The van der Waals surface area contributed by atoms with E-state index in [9.17, 15) is 4.79 Å². The highest BCUT2D eigenvalue weighted by Gasteiger charge is 2.05. The van der Waals surface area contributed by atoms with Crippen molar-refractivity contribution in [2.45, 2.75) is 0 Å². The van der Waals surface area contributed by atoms with Crippen LogP contribution in [0.4, 0.5) is 0 Å². The summed E-state index contributed by atoms with van der Waals surface area (Å²) in [7, 11) is 0. The predicted octanol–water partition coefficient (Wildman–Crippen LogP) is 2.32. The van der Waals surface area contributed by atoms with Crippen molar-refractivity contribution in [3.8, 4) is 5.69 Å². The molecule has 0 bridgehead atoms. The second kappa shape index (κ2) is 3.38. The zero-order valence-electron chi connectivity index (χ0n) is 8.55. The highest BCUT2D eigenvalue weighted by molar-refractivity contribution is 5.79. The summed E-state index contributed by atoms with van der Waals surface area (Å²) >= 11 is 0. The number of para-hydroxylation sites is 2. The van der Waals surface area contributed by atoms with Crippen molar-refractivity contribution >= 4 is 10.9 Å². The Morgan fingerprint density at radius 3 is 2.38 bits per heavy atom. The Labute approximate surface area is 91.9 Å². The van der Waals surface area contributed by atoms with Crippen molar-refractivity contribution in [1.29, 1.82) is 0 Å². The lowest BCUT2D eigenvalue weighted by Gasteiger charge is -2.02. The molecule has 0 saturated heterocycles.